The van der Waals surface area contributed by atoms with Crippen LogP contribution in [0.15, 0.2) is 12.2 Å². The Bertz CT molecular complexity index is 232. The molecule has 0 spiro atoms. The number of rotatable bonds is 6. The van der Waals surface area contributed by atoms with Gasteiger partial charge in [0.1, 0.15) is 5.60 Å². The fraction of sp³-hybridized carbons (Fsp3) is 0.750. The highest BCUT2D eigenvalue weighted by Gasteiger charge is 2.36. The molecule has 15 heavy (non-hydrogen) atoms. The Morgan fingerprint density at radius 2 is 1.87 bits per heavy atom. The maximum atomic E-state index is 11.5. The molecule has 88 valence electrons. The third-order valence-corrected chi connectivity index (χ3v) is 2.96. The zero-order valence-corrected chi connectivity index (χ0v) is 10.3. The molecule has 0 aliphatic rings. The van der Waals surface area contributed by atoms with Crippen LogP contribution in [0.25, 0.3) is 0 Å². The lowest BCUT2D eigenvalue weighted by atomic mass is 9.87. The number of hydrogen-bond acceptors (Lipinski definition) is 3. The number of hydrogen-bond donors (Lipinski definition) is 1. The minimum absolute atomic E-state index is 0.115. The van der Waals surface area contributed by atoms with E-state index in [9.17, 15) is 4.79 Å². The molecule has 0 aliphatic carbocycles. The first-order chi connectivity index (χ1) is 6.93. The quantitative estimate of drug-likeness (QED) is 0.544. The molecule has 1 atom stereocenters. The molecular weight excluding hydrogens is 190 g/mol. The average molecular weight is 213 g/mol. The first kappa shape index (κ1) is 14.2. The van der Waals surface area contributed by atoms with Gasteiger partial charge in [0.15, 0.2) is 0 Å². The Kier molecular flexibility index (Phi) is 5.58. The summed E-state index contributed by atoms with van der Waals surface area (Å²) < 4.78 is 5.49. The van der Waals surface area contributed by atoms with Crippen molar-refractivity contribution in [3.05, 3.63) is 12.2 Å². The molecule has 0 aromatic carbocycles. The van der Waals surface area contributed by atoms with Gasteiger partial charge in [0.05, 0.1) is 0 Å². The van der Waals surface area contributed by atoms with Crippen LogP contribution in [-0.2, 0) is 9.53 Å². The van der Waals surface area contributed by atoms with Gasteiger partial charge in [-0.15, -0.1) is 0 Å². The minimum Gasteiger partial charge on any atom is -0.454 e. The normalized spacial score (nSPS) is 13.4. The van der Waals surface area contributed by atoms with Crippen LogP contribution in [0, 0.1) is 0 Å². The van der Waals surface area contributed by atoms with Crippen molar-refractivity contribution in [2.75, 3.05) is 0 Å². The van der Waals surface area contributed by atoms with E-state index in [1.165, 1.54) is 0 Å². The molecule has 0 amide bonds. The smallest absolute Gasteiger partial charge is 0.333 e. The molecule has 0 bridgehead atoms. The van der Waals surface area contributed by atoms with E-state index in [0.29, 0.717) is 5.57 Å². The number of carbonyl (C=O) groups is 1. The maximum absolute atomic E-state index is 11.5. The van der Waals surface area contributed by atoms with Crippen LogP contribution in [-0.4, -0.2) is 17.6 Å². The van der Waals surface area contributed by atoms with Crippen LogP contribution >= 0.6 is 0 Å². The molecule has 3 nitrogen and oxygen atoms in total. The maximum Gasteiger partial charge on any atom is 0.333 e. The van der Waals surface area contributed by atoms with Gasteiger partial charge in [-0.05, 0) is 26.2 Å². The Morgan fingerprint density at radius 3 is 2.13 bits per heavy atom. The van der Waals surface area contributed by atoms with Crippen LogP contribution in [0.1, 0.15) is 47.0 Å². The van der Waals surface area contributed by atoms with Crippen molar-refractivity contribution in [3.8, 4) is 0 Å². The first-order valence-corrected chi connectivity index (χ1v) is 5.57. The lowest BCUT2D eigenvalue weighted by Crippen LogP contribution is -2.50. The van der Waals surface area contributed by atoms with Crippen molar-refractivity contribution in [3.63, 3.8) is 0 Å². The lowest BCUT2D eigenvalue weighted by Gasteiger charge is -2.36. The van der Waals surface area contributed by atoms with E-state index in [1.54, 1.807) is 6.92 Å². The summed E-state index contributed by atoms with van der Waals surface area (Å²) in [5, 5.41) is 0. The molecule has 0 aromatic rings. The monoisotopic (exact) mass is 213 g/mol. The van der Waals surface area contributed by atoms with Gasteiger partial charge in [-0.2, -0.15) is 0 Å². The van der Waals surface area contributed by atoms with Crippen LogP contribution in [0.3, 0.4) is 0 Å². The van der Waals surface area contributed by atoms with Gasteiger partial charge in [0.25, 0.3) is 0 Å². The molecule has 3 heteroatoms. The summed E-state index contributed by atoms with van der Waals surface area (Å²) in [4.78, 5) is 11.5. The number of nitrogens with two attached hydrogens (primary N) is 1. The Balaban J connectivity index is 4.78. The summed E-state index contributed by atoms with van der Waals surface area (Å²) >= 11 is 0. The fourth-order valence-electron chi connectivity index (χ4n) is 1.64. The van der Waals surface area contributed by atoms with Gasteiger partial charge in [0, 0.05) is 11.6 Å². The summed E-state index contributed by atoms with van der Waals surface area (Å²) in [5.41, 5.74) is 5.90. The van der Waals surface area contributed by atoms with E-state index in [2.05, 4.69) is 6.58 Å². The number of carbonyl (C=O) groups excluding carboxylic acids is 1. The van der Waals surface area contributed by atoms with E-state index in [0.717, 1.165) is 19.3 Å². The van der Waals surface area contributed by atoms with Crippen molar-refractivity contribution in [2.24, 2.45) is 5.73 Å². The van der Waals surface area contributed by atoms with Crippen molar-refractivity contribution in [1.82, 2.24) is 0 Å². The summed E-state index contributed by atoms with van der Waals surface area (Å²) in [7, 11) is 0. The average Bonchev–Trinajstić information content (AvgIpc) is 2.24. The highest BCUT2D eigenvalue weighted by Crippen LogP contribution is 2.26. The van der Waals surface area contributed by atoms with Gasteiger partial charge in [-0.25, -0.2) is 4.79 Å². The molecule has 1 unspecified atom stereocenters. The third kappa shape index (κ3) is 3.34. The van der Waals surface area contributed by atoms with Gasteiger partial charge in [0.2, 0.25) is 0 Å². The van der Waals surface area contributed by atoms with Crippen molar-refractivity contribution < 1.29 is 9.53 Å². The van der Waals surface area contributed by atoms with E-state index in [4.69, 9.17) is 10.5 Å². The molecule has 0 rings (SSSR count). The molecule has 0 aromatic heterocycles. The number of esters is 1. The minimum atomic E-state index is -0.537. The van der Waals surface area contributed by atoms with Gasteiger partial charge in [-0.1, -0.05) is 27.4 Å². The largest absolute Gasteiger partial charge is 0.454 e. The summed E-state index contributed by atoms with van der Waals surface area (Å²) in [6.45, 7) is 11.2. The van der Waals surface area contributed by atoms with Gasteiger partial charge in [-0.3, -0.25) is 0 Å². The van der Waals surface area contributed by atoms with E-state index >= 15 is 0 Å². The molecule has 0 aliphatic heterocycles. The second-order valence-electron chi connectivity index (χ2n) is 3.96. The zero-order chi connectivity index (χ0) is 12.1. The van der Waals surface area contributed by atoms with E-state index in [1.807, 2.05) is 20.8 Å². The zero-order valence-electron chi connectivity index (χ0n) is 10.3. The Hall–Kier alpha value is -0.830. The summed E-state index contributed by atoms with van der Waals surface area (Å²) in [5.74, 6) is -0.345. The van der Waals surface area contributed by atoms with Gasteiger partial charge >= 0.3 is 5.97 Å². The summed E-state index contributed by atoms with van der Waals surface area (Å²) in [6.07, 6.45) is 2.26. The molecular formula is C12H23NO2. The standard InChI is InChI=1S/C12H23NO2/c1-6-10(13)12(7-2,8-3)15-11(14)9(4)5/h10H,4,6-8,13H2,1-3,5H3. The Morgan fingerprint density at radius 1 is 1.40 bits per heavy atom. The lowest BCUT2D eigenvalue weighted by molar-refractivity contribution is -0.158. The molecule has 0 saturated heterocycles. The second-order valence-corrected chi connectivity index (χ2v) is 3.96. The first-order valence-electron chi connectivity index (χ1n) is 5.57. The van der Waals surface area contributed by atoms with Crippen LogP contribution in [0.2, 0.25) is 0 Å². The number of ether oxygens (including phenoxy) is 1. The predicted molar refractivity (Wildman–Crippen MR) is 62.5 cm³/mol. The SMILES string of the molecule is C=C(C)C(=O)OC(CC)(CC)C(N)CC. The highest BCUT2D eigenvalue weighted by molar-refractivity contribution is 5.87. The third-order valence-electron chi connectivity index (χ3n) is 2.96. The van der Waals surface area contributed by atoms with Gasteiger partial charge < -0.3 is 10.5 Å². The second kappa shape index (κ2) is 5.91. The van der Waals surface area contributed by atoms with Crippen LogP contribution in [0.5, 0.6) is 0 Å². The molecule has 0 fully saturated rings. The molecule has 0 heterocycles. The predicted octanol–water partition coefficient (Wildman–Crippen LogP) is 2.40. The van der Waals surface area contributed by atoms with Crippen LogP contribution in [0.4, 0.5) is 0 Å². The fourth-order valence-corrected chi connectivity index (χ4v) is 1.64. The summed E-state index contributed by atoms with van der Waals surface area (Å²) in [6, 6.07) is -0.115. The Labute approximate surface area is 92.7 Å². The van der Waals surface area contributed by atoms with Crippen molar-refractivity contribution in [2.45, 2.75) is 58.6 Å². The molecule has 2 N–H and O–H groups in total. The van der Waals surface area contributed by atoms with Crippen molar-refractivity contribution >= 4 is 5.97 Å². The van der Waals surface area contributed by atoms with Crippen LogP contribution < -0.4 is 5.73 Å². The van der Waals surface area contributed by atoms with Crippen molar-refractivity contribution in [1.29, 1.82) is 0 Å². The highest BCUT2D eigenvalue weighted by atomic mass is 16.6. The molecule has 0 saturated carbocycles. The van der Waals surface area contributed by atoms with E-state index in [-0.39, 0.29) is 12.0 Å². The molecule has 0 radical (unpaired) electrons. The topological polar surface area (TPSA) is 52.3 Å². The van der Waals surface area contributed by atoms with E-state index < -0.39 is 5.60 Å².